The van der Waals surface area contributed by atoms with Gasteiger partial charge in [-0.25, -0.2) is 0 Å². The van der Waals surface area contributed by atoms with Crippen LogP contribution < -0.4 is 4.74 Å². The van der Waals surface area contributed by atoms with Crippen LogP contribution in [0.15, 0.2) is 84.9 Å². The molecule has 0 spiro atoms. The summed E-state index contributed by atoms with van der Waals surface area (Å²) in [6.07, 6.45) is 4.91. The third-order valence-corrected chi connectivity index (χ3v) is 6.11. The maximum absolute atomic E-state index is 9.19. The molecular formula is C30H40ClNO2. The normalized spacial score (nSPS) is 14.4. The predicted molar refractivity (Wildman–Crippen MR) is 145 cm³/mol. The molecule has 0 radical (unpaired) electrons. The summed E-state index contributed by atoms with van der Waals surface area (Å²) in [7, 11) is 0. The Morgan fingerprint density at radius 3 is 1.97 bits per heavy atom. The molecule has 1 N–H and O–H groups in total. The minimum Gasteiger partial charge on any atom is -0.508 e. The number of hydrogen-bond acceptors (Lipinski definition) is 3. The van der Waals surface area contributed by atoms with Gasteiger partial charge >= 0.3 is 0 Å². The highest BCUT2D eigenvalue weighted by molar-refractivity contribution is 6.18. The Kier molecular flexibility index (Phi) is 13.9. The number of para-hydroxylation sites is 1. The molecule has 1 saturated heterocycles. The molecule has 1 heterocycles. The first kappa shape index (κ1) is 27.8. The van der Waals surface area contributed by atoms with Crippen LogP contribution in [0, 0.1) is 5.92 Å². The molecule has 0 unspecified atom stereocenters. The van der Waals surface area contributed by atoms with Gasteiger partial charge < -0.3 is 9.84 Å². The predicted octanol–water partition coefficient (Wildman–Crippen LogP) is 7.22. The highest BCUT2D eigenvalue weighted by Crippen LogP contribution is 2.24. The fourth-order valence-corrected chi connectivity index (χ4v) is 4.07. The molecule has 0 bridgehead atoms. The zero-order valence-corrected chi connectivity index (χ0v) is 21.5. The highest BCUT2D eigenvalue weighted by atomic mass is 35.5. The summed E-state index contributed by atoms with van der Waals surface area (Å²) in [5, 5.41) is 9.19. The van der Waals surface area contributed by atoms with Crippen LogP contribution in [-0.4, -0.2) is 42.1 Å². The van der Waals surface area contributed by atoms with E-state index in [0.717, 1.165) is 44.3 Å². The highest BCUT2D eigenvalue weighted by Gasteiger charge is 2.24. The van der Waals surface area contributed by atoms with Gasteiger partial charge in [0.25, 0.3) is 0 Å². The maximum Gasteiger partial charge on any atom is 0.119 e. The lowest BCUT2D eigenvalue weighted by Crippen LogP contribution is -2.48. The number of hydrogen-bond donors (Lipinski definition) is 1. The van der Waals surface area contributed by atoms with Crippen LogP contribution in [-0.2, 0) is 12.8 Å². The number of phenolic OH excluding ortho intramolecular Hbond substituents is 1. The number of alkyl halides is 1. The van der Waals surface area contributed by atoms with E-state index in [-0.39, 0.29) is 0 Å². The lowest BCUT2D eigenvalue weighted by molar-refractivity contribution is 0.0950. The number of ether oxygens (including phenoxy) is 1. The lowest BCUT2D eigenvalue weighted by atomic mass is 9.92. The molecule has 0 amide bonds. The Balaban J connectivity index is 0.000000188. The van der Waals surface area contributed by atoms with Gasteiger partial charge in [-0.15, -0.1) is 11.6 Å². The van der Waals surface area contributed by atoms with E-state index in [1.807, 2.05) is 92.7 Å². The third kappa shape index (κ3) is 10.6. The molecule has 4 heteroatoms. The minimum absolute atomic E-state index is 0.408. The molecule has 0 aromatic heterocycles. The van der Waals surface area contributed by atoms with Gasteiger partial charge in [-0.3, -0.25) is 4.90 Å². The fraction of sp³-hybridized carbons (Fsp3) is 0.400. The zero-order valence-electron chi connectivity index (χ0n) is 20.7. The number of aromatic hydroxyl groups is 1. The average Bonchev–Trinajstić information content (AvgIpc) is 2.89. The van der Waals surface area contributed by atoms with Gasteiger partial charge in [-0.2, -0.15) is 0 Å². The van der Waals surface area contributed by atoms with Crippen molar-refractivity contribution < 1.29 is 9.84 Å². The summed E-state index contributed by atoms with van der Waals surface area (Å²) in [6.45, 7) is 8.02. The molecule has 3 aromatic carbocycles. The van der Waals surface area contributed by atoms with E-state index < -0.39 is 0 Å². The van der Waals surface area contributed by atoms with Gasteiger partial charge in [0, 0.05) is 25.5 Å². The molecule has 0 atom stereocenters. The van der Waals surface area contributed by atoms with Crippen molar-refractivity contribution in [2.24, 2.45) is 5.92 Å². The summed E-state index contributed by atoms with van der Waals surface area (Å²) in [5.74, 6) is 2.84. The lowest BCUT2D eigenvalue weighted by Gasteiger charge is -2.37. The number of nitrogens with zero attached hydrogens (tertiary/aromatic N) is 1. The second-order valence-corrected chi connectivity index (χ2v) is 8.56. The smallest absolute Gasteiger partial charge is 0.119 e. The van der Waals surface area contributed by atoms with E-state index >= 15 is 0 Å². The first-order chi connectivity index (χ1) is 16.7. The summed E-state index contributed by atoms with van der Waals surface area (Å²) in [5.41, 5.74) is 2.77. The van der Waals surface area contributed by atoms with Crippen LogP contribution in [0.3, 0.4) is 0 Å². The van der Waals surface area contributed by atoms with Crippen molar-refractivity contribution in [1.82, 2.24) is 4.90 Å². The van der Waals surface area contributed by atoms with Crippen LogP contribution in [0.4, 0.5) is 0 Å². The van der Waals surface area contributed by atoms with Crippen LogP contribution in [0.2, 0.25) is 0 Å². The van der Waals surface area contributed by atoms with Crippen molar-refractivity contribution in [3.05, 3.63) is 96.1 Å². The van der Waals surface area contributed by atoms with E-state index in [1.165, 1.54) is 30.4 Å². The van der Waals surface area contributed by atoms with Crippen LogP contribution in [0.25, 0.3) is 0 Å². The van der Waals surface area contributed by atoms with E-state index in [4.69, 9.17) is 16.3 Å². The zero-order chi connectivity index (χ0) is 24.4. The number of phenols is 1. The van der Waals surface area contributed by atoms with Crippen molar-refractivity contribution in [3.8, 4) is 11.5 Å². The molecule has 184 valence electrons. The number of fused-ring (bicyclic) bond motifs is 1. The summed E-state index contributed by atoms with van der Waals surface area (Å²) in [6, 6.07) is 27.7. The second kappa shape index (κ2) is 17.0. The largest absolute Gasteiger partial charge is 0.508 e. The van der Waals surface area contributed by atoms with Gasteiger partial charge in [0.2, 0.25) is 0 Å². The number of likely N-dealkylation sites (tertiary alicyclic amines) is 1. The number of aryl methyl sites for hydroxylation is 2. The summed E-state index contributed by atoms with van der Waals surface area (Å²) in [4.78, 5) is 2.37. The molecule has 5 rings (SSSR count). The van der Waals surface area contributed by atoms with Gasteiger partial charge in [-0.1, -0.05) is 74.5 Å². The molecule has 1 fully saturated rings. The molecule has 34 heavy (non-hydrogen) atoms. The van der Waals surface area contributed by atoms with Crippen LogP contribution >= 0.6 is 11.6 Å². The topological polar surface area (TPSA) is 32.7 Å². The summed E-state index contributed by atoms with van der Waals surface area (Å²) >= 11 is 5.74. The molecule has 3 nitrogen and oxygen atoms in total. The molecular weight excluding hydrogens is 442 g/mol. The monoisotopic (exact) mass is 481 g/mol. The van der Waals surface area contributed by atoms with E-state index in [0.29, 0.717) is 11.7 Å². The van der Waals surface area contributed by atoms with Gasteiger partial charge in [-0.05, 0) is 67.0 Å². The van der Waals surface area contributed by atoms with Gasteiger partial charge in [0.15, 0.2) is 0 Å². The average molecular weight is 482 g/mol. The Morgan fingerprint density at radius 2 is 1.38 bits per heavy atom. The van der Waals surface area contributed by atoms with Crippen molar-refractivity contribution >= 4 is 11.6 Å². The van der Waals surface area contributed by atoms with Crippen molar-refractivity contribution in [3.63, 3.8) is 0 Å². The number of halogens is 1. The third-order valence-electron chi connectivity index (χ3n) is 5.67. The Labute approximate surface area is 211 Å². The number of benzene rings is 3. The molecule has 3 aromatic rings. The molecule has 2 aliphatic rings. The maximum atomic E-state index is 9.19. The van der Waals surface area contributed by atoms with Crippen molar-refractivity contribution in [1.29, 1.82) is 0 Å². The molecule has 1 aliphatic heterocycles. The second-order valence-electron chi connectivity index (χ2n) is 8.26. The van der Waals surface area contributed by atoms with E-state index in [9.17, 15) is 5.11 Å². The number of rotatable bonds is 5. The molecule has 0 saturated carbocycles. The molecule has 1 aliphatic carbocycles. The Bertz CT molecular complexity index is 856. The van der Waals surface area contributed by atoms with Crippen molar-refractivity contribution in [2.75, 3.05) is 32.1 Å². The van der Waals surface area contributed by atoms with Crippen LogP contribution in [0.1, 0.15) is 37.8 Å². The van der Waals surface area contributed by atoms with Crippen molar-refractivity contribution in [2.45, 2.75) is 39.5 Å². The van der Waals surface area contributed by atoms with E-state index in [1.54, 1.807) is 6.07 Å². The SMILES string of the molecule is CC.ClCC1CN(CCOc2ccccc2)C1.Oc1ccc2c(c1)CCCC2.c1ccccc1. The minimum atomic E-state index is 0.408. The first-order valence-electron chi connectivity index (χ1n) is 12.5. The fourth-order valence-electron chi connectivity index (χ4n) is 3.87. The Hall–Kier alpha value is -2.49. The van der Waals surface area contributed by atoms with Crippen LogP contribution in [0.5, 0.6) is 11.5 Å². The van der Waals surface area contributed by atoms with E-state index in [2.05, 4.69) is 4.90 Å². The Morgan fingerprint density at radius 1 is 0.824 bits per heavy atom. The van der Waals surface area contributed by atoms with Gasteiger partial charge in [0.1, 0.15) is 18.1 Å². The summed E-state index contributed by atoms with van der Waals surface area (Å²) < 4.78 is 5.61. The first-order valence-corrected chi connectivity index (χ1v) is 13.0. The standard InChI is InChI=1S/C12H16ClNO.C10H12O.C6H6.C2H6/c13-8-11-9-14(10-11)6-7-15-12-4-2-1-3-5-12;11-10-6-5-8-3-1-2-4-9(8)7-10;1-2-4-6-5-3-1;1-2/h1-5,11H,6-10H2;5-7,11H,1-4H2;1-6H;1-2H3. The quantitative estimate of drug-likeness (QED) is 0.390. The van der Waals surface area contributed by atoms with Gasteiger partial charge in [0.05, 0.1) is 0 Å².